The van der Waals surface area contributed by atoms with Gasteiger partial charge in [-0.2, -0.15) is 0 Å². The monoisotopic (exact) mass is 453 g/mol. The molecule has 0 unspecified atom stereocenters. The number of aryl methyl sites for hydroxylation is 1. The van der Waals surface area contributed by atoms with Crippen LogP contribution in [0.5, 0.6) is 5.75 Å². The summed E-state index contributed by atoms with van der Waals surface area (Å²) in [6.07, 6.45) is 3.68. The molecule has 0 aliphatic carbocycles. The first-order valence-corrected chi connectivity index (χ1v) is 12.5. The second-order valence-electron chi connectivity index (χ2n) is 9.48. The summed E-state index contributed by atoms with van der Waals surface area (Å²) in [6.45, 7) is 5.05. The lowest BCUT2D eigenvalue weighted by Gasteiger charge is -2.32. The van der Waals surface area contributed by atoms with Gasteiger partial charge in [0.1, 0.15) is 5.75 Å². The Balaban J connectivity index is 1.09. The van der Waals surface area contributed by atoms with Gasteiger partial charge in [0.25, 0.3) is 0 Å². The lowest BCUT2D eigenvalue weighted by Crippen LogP contribution is -2.33. The van der Waals surface area contributed by atoms with Crippen molar-refractivity contribution < 1.29 is 4.74 Å². The maximum Gasteiger partial charge on any atom is 0.120 e. The van der Waals surface area contributed by atoms with Crippen molar-refractivity contribution in [3.8, 4) is 5.75 Å². The summed E-state index contributed by atoms with van der Waals surface area (Å²) in [5, 5.41) is 4.74. The largest absolute Gasteiger partial charge is 0.494 e. The molecular weight excluding hydrogens is 418 g/mol. The van der Waals surface area contributed by atoms with E-state index < -0.39 is 0 Å². The maximum atomic E-state index is 6.18. The van der Waals surface area contributed by atoms with Crippen LogP contribution < -0.4 is 10.1 Å². The lowest BCUT2D eigenvalue weighted by atomic mass is 9.93. The molecule has 1 aliphatic rings. The number of para-hydroxylation sites is 1. The zero-order valence-electron chi connectivity index (χ0n) is 20.1. The molecule has 176 valence electrons. The average Bonchev–Trinajstić information content (AvgIpc) is 3.20. The van der Waals surface area contributed by atoms with E-state index in [9.17, 15) is 0 Å². The molecular formula is C30H35N3O. The normalized spacial score (nSPS) is 15.0. The molecule has 5 rings (SSSR count). The van der Waals surface area contributed by atoms with Crippen LogP contribution in [0.3, 0.4) is 0 Å². The van der Waals surface area contributed by atoms with Crippen molar-refractivity contribution in [2.24, 2.45) is 13.0 Å². The standard InChI is InChI=1S/C30H35N3O/c1-32-28(22-31-27-10-6-3-7-11-27)20-26-21-29(12-13-30(26)32)34-19-16-24-14-17-33(18-15-24)23-25-8-4-2-5-9-25/h2-13,20-21,24,31H,14-19,22-23H2,1H3. The van der Waals surface area contributed by atoms with Gasteiger partial charge in [0, 0.05) is 35.9 Å². The van der Waals surface area contributed by atoms with Crippen LogP contribution in [-0.4, -0.2) is 29.2 Å². The van der Waals surface area contributed by atoms with Crippen LogP contribution in [0.25, 0.3) is 10.9 Å². The Kier molecular flexibility index (Phi) is 7.16. The summed E-state index contributed by atoms with van der Waals surface area (Å²) < 4.78 is 8.44. The highest BCUT2D eigenvalue weighted by Gasteiger charge is 2.19. The Morgan fingerprint density at radius 1 is 0.882 bits per heavy atom. The molecule has 0 radical (unpaired) electrons. The molecule has 0 spiro atoms. The van der Waals surface area contributed by atoms with Gasteiger partial charge in [-0.05, 0) is 80.2 Å². The summed E-state index contributed by atoms with van der Waals surface area (Å²) in [5.74, 6) is 1.74. The number of nitrogens with zero attached hydrogens (tertiary/aromatic N) is 2. The number of anilines is 1. The topological polar surface area (TPSA) is 29.4 Å². The minimum Gasteiger partial charge on any atom is -0.494 e. The maximum absolute atomic E-state index is 6.18. The van der Waals surface area contributed by atoms with Crippen LogP contribution in [0.4, 0.5) is 5.69 Å². The summed E-state index contributed by atoms with van der Waals surface area (Å²) in [6, 6.07) is 29.9. The molecule has 34 heavy (non-hydrogen) atoms. The van der Waals surface area contributed by atoms with Gasteiger partial charge >= 0.3 is 0 Å². The zero-order chi connectivity index (χ0) is 23.2. The van der Waals surface area contributed by atoms with Crippen molar-refractivity contribution in [3.63, 3.8) is 0 Å². The molecule has 0 saturated carbocycles. The van der Waals surface area contributed by atoms with Crippen molar-refractivity contribution in [2.75, 3.05) is 25.0 Å². The first kappa shape index (κ1) is 22.5. The van der Waals surface area contributed by atoms with E-state index in [4.69, 9.17) is 4.74 Å². The third-order valence-electron chi connectivity index (χ3n) is 7.11. The third-order valence-corrected chi connectivity index (χ3v) is 7.11. The highest BCUT2D eigenvalue weighted by Crippen LogP contribution is 2.26. The van der Waals surface area contributed by atoms with Crippen LogP contribution in [0.1, 0.15) is 30.5 Å². The van der Waals surface area contributed by atoms with Crippen LogP contribution >= 0.6 is 0 Å². The number of nitrogens with one attached hydrogen (secondary N) is 1. The van der Waals surface area contributed by atoms with Crippen molar-refractivity contribution in [3.05, 3.63) is 96.2 Å². The van der Waals surface area contributed by atoms with Gasteiger partial charge in [0.2, 0.25) is 0 Å². The number of hydrogen-bond acceptors (Lipinski definition) is 3. The van der Waals surface area contributed by atoms with Crippen molar-refractivity contribution in [1.29, 1.82) is 0 Å². The van der Waals surface area contributed by atoms with E-state index in [1.807, 2.05) is 6.07 Å². The second kappa shape index (κ2) is 10.8. The van der Waals surface area contributed by atoms with E-state index in [0.717, 1.165) is 43.5 Å². The predicted molar refractivity (Wildman–Crippen MR) is 141 cm³/mol. The van der Waals surface area contributed by atoms with Crippen molar-refractivity contribution in [2.45, 2.75) is 32.4 Å². The Bertz CT molecular complexity index is 1180. The Hall–Kier alpha value is -3.24. The van der Waals surface area contributed by atoms with E-state index in [1.165, 1.54) is 48.1 Å². The fourth-order valence-electron chi connectivity index (χ4n) is 5.01. The first-order chi connectivity index (χ1) is 16.7. The number of benzene rings is 3. The number of ether oxygens (including phenoxy) is 1. The molecule has 0 amide bonds. The molecule has 4 heteroatoms. The van der Waals surface area contributed by atoms with E-state index in [0.29, 0.717) is 0 Å². The van der Waals surface area contributed by atoms with Crippen molar-refractivity contribution in [1.82, 2.24) is 9.47 Å². The predicted octanol–water partition coefficient (Wildman–Crippen LogP) is 6.47. The van der Waals surface area contributed by atoms with Gasteiger partial charge in [0.05, 0.1) is 13.2 Å². The molecule has 4 nitrogen and oxygen atoms in total. The van der Waals surface area contributed by atoms with Gasteiger partial charge in [-0.1, -0.05) is 48.5 Å². The number of piperidine rings is 1. The van der Waals surface area contributed by atoms with E-state index in [-0.39, 0.29) is 0 Å². The zero-order valence-corrected chi connectivity index (χ0v) is 20.1. The Morgan fingerprint density at radius 3 is 2.38 bits per heavy atom. The molecule has 0 atom stereocenters. The van der Waals surface area contributed by atoms with Crippen LogP contribution in [0, 0.1) is 5.92 Å². The first-order valence-electron chi connectivity index (χ1n) is 12.5. The van der Waals surface area contributed by atoms with Crippen LogP contribution in [0.15, 0.2) is 84.9 Å². The van der Waals surface area contributed by atoms with Gasteiger partial charge in [0.15, 0.2) is 0 Å². The fourth-order valence-corrected chi connectivity index (χ4v) is 5.01. The smallest absolute Gasteiger partial charge is 0.120 e. The minimum absolute atomic E-state index is 0.767. The summed E-state index contributed by atoms with van der Waals surface area (Å²) >= 11 is 0. The molecule has 1 N–H and O–H groups in total. The lowest BCUT2D eigenvalue weighted by molar-refractivity contribution is 0.157. The number of fused-ring (bicyclic) bond motifs is 1. The Labute approximate surface area is 203 Å². The third kappa shape index (κ3) is 5.63. The van der Waals surface area contributed by atoms with Gasteiger partial charge < -0.3 is 14.6 Å². The quantitative estimate of drug-likeness (QED) is 0.315. The van der Waals surface area contributed by atoms with E-state index in [1.54, 1.807) is 0 Å². The van der Waals surface area contributed by atoms with Crippen LogP contribution in [-0.2, 0) is 20.1 Å². The number of rotatable bonds is 9. The fraction of sp³-hybridized carbons (Fsp3) is 0.333. The molecule has 1 aliphatic heterocycles. The van der Waals surface area contributed by atoms with Crippen molar-refractivity contribution >= 4 is 16.6 Å². The van der Waals surface area contributed by atoms with E-state index >= 15 is 0 Å². The molecule has 1 fully saturated rings. The summed E-state index contributed by atoms with van der Waals surface area (Å²) in [7, 11) is 2.13. The molecule has 0 bridgehead atoms. The highest BCUT2D eigenvalue weighted by atomic mass is 16.5. The molecule has 3 aromatic carbocycles. The number of hydrogen-bond donors (Lipinski definition) is 1. The minimum atomic E-state index is 0.767. The SMILES string of the molecule is Cn1c(CNc2ccccc2)cc2cc(OCCC3CCN(Cc4ccccc4)CC3)ccc21. The number of aromatic nitrogens is 1. The summed E-state index contributed by atoms with van der Waals surface area (Å²) in [4.78, 5) is 2.58. The number of likely N-dealkylation sites (tertiary alicyclic amines) is 1. The highest BCUT2D eigenvalue weighted by molar-refractivity contribution is 5.83. The van der Waals surface area contributed by atoms with E-state index in [2.05, 4.69) is 101 Å². The molecule has 1 saturated heterocycles. The average molecular weight is 454 g/mol. The molecule has 2 heterocycles. The van der Waals surface area contributed by atoms with Gasteiger partial charge in [-0.25, -0.2) is 0 Å². The van der Waals surface area contributed by atoms with Gasteiger partial charge in [-0.15, -0.1) is 0 Å². The van der Waals surface area contributed by atoms with Gasteiger partial charge in [-0.3, -0.25) is 4.90 Å². The van der Waals surface area contributed by atoms with Crippen LogP contribution in [0.2, 0.25) is 0 Å². The Morgan fingerprint density at radius 2 is 1.62 bits per heavy atom. The summed E-state index contributed by atoms with van der Waals surface area (Å²) in [5.41, 5.74) is 5.06. The molecule has 4 aromatic rings. The molecule has 1 aromatic heterocycles. The second-order valence-corrected chi connectivity index (χ2v) is 9.48.